The summed E-state index contributed by atoms with van der Waals surface area (Å²) in [6.07, 6.45) is 6.19. The molecule has 1 aliphatic heterocycles. The van der Waals surface area contributed by atoms with E-state index in [1.165, 1.54) is 10.4 Å². The molecule has 3 heterocycles. The molecule has 22 heavy (non-hydrogen) atoms. The van der Waals surface area contributed by atoms with E-state index < -0.39 is 0 Å². The van der Waals surface area contributed by atoms with Gasteiger partial charge in [-0.05, 0) is 37.8 Å². The lowest BCUT2D eigenvalue weighted by molar-refractivity contribution is -0.123. The van der Waals surface area contributed by atoms with Crippen LogP contribution in [0, 0.1) is 0 Å². The average molecular weight is 318 g/mol. The molecule has 0 radical (unpaired) electrons. The van der Waals surface area contributed by atoms with Gasteiger partial charge in [-0.3, -0.25) is 14.4 Å². The van der Waals surface area contributed by atoms with Crippen molar-refractivity contribution in [2.75, 3.05) is 13.1 Å². The number of thiophene rings is 1. The molecule has 2 atom stereocenters. The smallest absolute Gasteiger partial charge is 0.234 e. The number of nitrogens with one attached hydrogen (secondary N) is 1. The lowest BCUT2D eigenvalue weighted by Crippen LogP contribution is -2.37. The van der Waals surface area contributed by atoms with Crippen molar-refractivity contribution in [1.29, 1.82) is 0 Å². The van der Waals surface area contributed by atoms with Crippen molar-refractivity contribution in [3.63, 3.8) is 0 Å². The van der Waals surface area contributed by atoms with E-state index in [0.29, 0.717) is 12.6 Å². The van der Waals surface area contributed by atoms with E-state index in [4.69, 9.17) is 0 Å². The van der Waals surface area contributed by atoms with Crippen molar-refractivity contribution in [2.24, 2.45) is 7.05 Å². The second-order valence-corrected chi connectivity index (χ2v) is 6.86. The van der Waals surface area contributed by atoms with Crippen molar-refractivity contribution in [2.45, 2.75) is 31.8 Å². The number of carbonyl (C=O) groups is 1. The summed E-state index contributed by atoms with van der Waals surface area (Å²) in [6, 6.07) is 4.47. The van der Waals surface area contributed by atoms with Crippen molar-refractivity contribution in [3.8, 4) is 0 Å². The summed E-state index contributed by atoms with van der Waals surface area (Å²) in [5, 5.41) is 9.38. The van der Waals surface area contributed by atoms with Gasteiger partial charge in [0.15, 0.2) is 0 Å². The number of rotatable bonds is 5. The predicted molar refractivity (Wildman–Crippen MR) is 87.6 cm³/mol. The summed E-state index contributed by atoms with van der Waals surface area (Å²) in [6.45, 7) is 3.46. The molecule has 0 spiro atoms. The Bertz CT molecular complexity index is 622. The Hall–Kier alpha value is -1.66. The van der Waals surface area contributed by atoms with Crippen molar-refractivity contribution in [3.05, 3.63) is 40.3 Å². The molecule has 6 heteroatoms. The molecule has 0 aromatic carbocycles. The van der Waals surface area contributed by atoms with E-state index >= 15 is 0 Å². The zero-order valence-corrected chi connectivity index (χ0v) is 13.8. The zero-order chi connectivity index (χ0) is 15.5. The molecule has 0 bridgehead atoms. The number of aromatic nitrogens is 2. The first-order chi connectivity index (χ1) is 10.6. The monoisotopic (exact) mass is 318 g/mol. The van der Waals surface area contributed by atoms with E-state index in [-0.39, 0.29) is 11.9 Å². The van der Waals surface area contributed by atoms with Crippen molar-refractivity contribution < 1.29 is 4.79 Å². The number of likely N-dealkylation sites (tertiary alicyclic amines) is 1. The van der Waals surface area contributed by atoms with Crippen LogP contribution in [0.15, 0.2) is 29.9 Å². The number of amides is 1. The van der Waals surface area contributed by atoms with Gasteiger partial charge in [0.25, 0.3) is 0 Å². The molecule has 1 amide bonds. The number of carbonyl (C=O) groups excluding carboxylic acids is 1. The molecule has 1 saturated heterocycles. The van der Waals surface area contributed by atoms with Crippen LogP contribution in [0.4, 0.5) is 0 Å². The molecule has 5 nitrogen and oxygen atoms in total. The molecule has 118 valence electrons. The molecule has 1 fully saturated rings. The van der Waals surface area contributed by atoms with E-state index in [1.54, 1.807) is 11.3 Å². The SMILES string of the molecule is CC(NC(=O)CN1CCCC1c1cnn(C)c1)c1cccs1. The van der Waals surface area contributed by atoms with Crippen LogP contribution < -0.4 is 5.32 Å². The topological polar surface area (TPSA) is 50.2 Å². The minimum Gasteiger partial charge on any atom is -0.348 e. The highest BCUT2D eigenvalue weighted by Crippen LogP contribution is 2.31. The molecule has 2 unspecified atom stereocenters. The number of hydrogen-bond acceptors (Lipinski definition) is 4. The molecule has 2 aromatic heterocycles. The fourth-order valence-electron chi connectivity index (χ4n) is 3.09. The fourth-order valence-corrected chi connectivity index (χ4v) is 3.82. The predicted octanol–water partition coefficient (Wildman–Crippen LogP) is 2.50. The third kappa shape index (κ3) is 3.39. The van der Waals surface area contributed by atoms with Crippen LogP contribution in [-0.4, -0.2) is 33.7 Å². The van der Waals surface area contributed by atoms with E-state index in [1.807, 2.05) is 36.3 Å². The third-order valence-electron chi connectivity index (χ3n) is 4.17. The van der Waals surface area contributed by atoms with Crippen molar-refractivity contribution in [1.82, 2.24) is 20.0 Å². The van der Waals surface area contributed by atoms with Gasteiger partial charge in [0.1, 0.15) is 0 Å². The van der Waals surface area contributed by atoms with Gasteiger partial charge in [-0.2, -0.15) is 5.10 Å². The number of hydrogen-bond donors (Lipinski definition) is 1. The third-order valence-corrected chi connectivity index (χ3v) is 5.22. The van der Waals surface area contributed by atoms with Crippen LogP contribution in [0.3, 0.4) is 0 Å². The molecule has 0 aliphatic carbocycles. The molecule has 3 rings (SSSR count). The Labute approximate surface area is 134 Å². The Morgan fingerprint density at radius 2 is 2.45 bits per heavy atom. The first kappa shape index (κ1) is 15.2. The molecular weight excluding hydrogens is 296 g/mol. The van der Waals surface area contributed by atoms with E-state index in [0.717, 1.165) is 19.4 Å². The maximum absolute atomic E-state index is 12.3. The van der Waals surface area contributed by atoms with Gasteiger partial charge in [-0.25, -0.2) is 0 Å². The van der Waals surface area contributed by atoms with E-state index in [2.05, 4.69) is 27.6 Å². The number of aryl methyl sites for hydroxylation is 1. The lowest BCUT2D eigenvalue weighted by atomic mass is 10.1. The van der Waals surface area contributed by atoms with E-state index in [9.17, 15) is 4.79 Å². The normalized spacial score (nSPS) is 20.2. The minimum atomic E-state index is 0.0759. The zero-order valence-electron chi connectivity index (χ0n) is 13.0. The van der Waals surface area contributed by atoms with Crippen LogP contribution >= 0.6 is 11.3 Å². The van der Waals surface area contributed by atoms with Crippen LogP contribution in [0.25, 0.3) is 0 Å². The van der Waals surface area contributed by atoms with Crippen LogP contribution in [0.1, 0.15) is 42.3 Å². The largest absolute Gasteiger partial charge is 0.348 e. The van der Waals surface area contributed by atoms with Gasteiger partial charge in [0, 0.05) is 29.7 Å². The van der Waals surface area contributed by atoms with Gasteiger partial charge in [0.05, 0.1) is 18.8 Å². The summed E-state index contributed by atoms with van der Waals surface area (Å²) in [4.78, 5) is 15.8. The quantitative estimate of drug-likeness (QED) is 0.921. The molecule has 2 aromatic rings. The van der Waals surface area contributed by atoms with Gasteiger partial charge in [-0.15, -0.1) is 11.3 Å². The lowest BCUT2D eigenvalue weighted by Gasteiger charge is -2.23. The highest BCUT2D eigenvalue weighted by atomic mass is 32.1. The highest BCUT2D eigenvalue weighted by molar-refractivity contribution is 7.10. The average Bonchev–Trinajstić information content (AvgIpc) is 3.18. The van der Waals surface area contributed by atoms with Crippen molar-refractivity contribution >= 4 is 17.2 Å². The first-order valence-electron chi connectivity index (χ1n) is 7.69. The Balaban J connectivity index is 1.58. The van der Waals surface area contributed by atoms with Crippen LogP contribution in [0.5, 0.6) is 0 Å². The van der Waals surface area contributed by atoms with Crippen LogP contribution in [-0.2, 0) is 11.8 Å². The van der Waals surface area contributed by atoms with Gasteiger partial charge in [0.2, 0.25) is 5.91 Å². The maximum Gasteiger partial charge on any atom is 0.234 e. The summed E-state index contributed by atoms with van der Waals surface area (Å²) >= 11 is 1.68. The second kappa shape index (κ2) is 6.62. The fraction of sp³-hybridized carbons (Fsp3) is 0.500. The van der Waals surface area contributed by atoms with Crippen LogP contribution in [0.2, 0.25) is 0 Å². The Morgan fingerprint density at radius 3 is 3.14 bits per heavy atom. The Kier molecular flexibility index (Phi) is 4.59. The van der Waals surface area contributed by atoms with Gasteiger partial charge >= 0.3 is 0 Å². The summed E-state index contributed by atoms with van der Waals surface area (Å²) in [7, 11) is 1.93. The van der Waals surface area contributed by atoms with Gasteiger partial charge < -0.3 is 5.32 Å². The second-order valence-electron chi connectivity index (χ2n) is 5.88. The molecule has 1 aliphatic rings. The molecular formula is C16H22N4OS. The molecule has 0 saturated carbocycles. The Morgan fingerprint density at radius 1 is 1.59 bits per heavy atom. The summed E-state index contributed by atoms with van der Waals surface area (Å²) < 4.78 is 1.82. The standard InChI is InChI=1S/C16H22N4OS/c1-12(15-6-4-8-22-15)18-16(21)11-20-7-3-5-14(20)13-9-17-19(2)10-13/h4,6,8-10,12,14H,3,5,7,11H2,1-2H3,(H,18,21). The minimum absolute atomic E-state index is 0.0759. The molecule has 1 N–H and O–H groups in total. The summed E-state index contributed by atoms with van der Waals surface area (Å²) in [5.74, 6) is 0.0942. The first-order valence-corrected chi connectivity index (χ1v) is 8.57. The maximum atomic E-state index is 12.3. The number of nitrogens with zero attached hydrogens (tertiary/aromatic N) is 3. The summed E-state index contributed by atoms with van der Waals surface area (Å²) in [5.41, 5.74) is 1.21. The highest BCUT2D eigenvalue weighted by Gasteiger charge is 2.28. The van der Waals surface area contributed by atoms with Gasteiger partial charge in [-0.1, -0.05) is 6.07 Å².